The number of hydrogen-bond acceptors (Lipinski definition) is 4. The summed E-state index contributed by atoms with van der Waals surface area (Å²) in [5.41, 5.74) is 2.15. The van der Waals surface area contributed by atoms with Crippen LogP contribution >= 0.6 is 11.6 Å². The first-order chi connectivity index (χ1) is 14.5. The standard InChI is InChI=1S/C23H20ClFN2O3/c1-30-23(29)21-13-27(9-8-26-21)22(28)18-5-4-14-10-15(2-3-16(14)11-18)17-6-7-19(24)20(25)12-17/h2-7,10-12,21,26H,8-9,13H2,1H3. The maximum absolute atomic E-state index is 13.8. The highest BCUT2D eigenvalue weighted by Gasteiger charge is 2.29. The van der Waals surface area contributed by atoms with E-state index in [0.717, 1.165) is 21.9 Å². The Labute approximate surface area is 178 Å². The van der Waals surface area contributed by atoms with E-state index in [9.17, 15) is 14.0 Å². The second-order valence-electron chi connectivity index (χ2n) is 7.19. The average molecular weight is 427 g/mol. The Morgan fingerprint density at radius 2 is 1.77 bits per heavy atom. The summed E-state index contributed by atoms with van der Waals surface area (Å²) in [5.74, 6) is -0.968. The highest BCUT2D eigenvalue weighted by Crippen LogP contribution is 2.28. The molecule has 0 saturated carbocycles. The van der Waals surface area contributed by atoms with Crippen LogP contribution in [-0.4, -0.2) is 49.6 Å². The van der Waals surface area contributed by atoms with Crippen LogP contribution in [0.4, 0.5) is 4.39 Å². The summed E-state index contributed by atoms with van der Waals surface area (Å²) in [7, 11) is 1.33. The third-order valence-electron chi connectivity index (χ3n) is 5.29. The van der Waals surface area contributed by atoms with Crippen molar-refractivity contribution < 1.29 is 18.7 Å². The lowest BCUT2D eigenvalue weighted by Crippen LogP contribution is -2.56. The summed E-state index contributed by atoms with van der Waals surface area (Å²) in [6.45, 7) is 1.32. The van der Waals surface area contributed by atoms with Crippen molar-refractivity contribution in [1.29, 1.82) is 0 Å². The number of hydrogen-bond donors (Lipinski definition) is 1. The Morgan fingerprint density at radius 3 is 2.53 bits per heavy atom. The molecule has 3 aromatic rings. The molecule has 1 saturated heterocycles. The molecular formula is C23H20ClFN2O3. The van der Waals surface area contributed by atoms with Crippen LogP contribution in [0.15, 0.2) is 54.6 Å². The van der Waals surface area contributed by atoms with Crippen molar-refractivity contribution in [3.8, 4) is 11.1 Å². The van der Waals surface area contributed by atoms with Gasteiger partial charge in [0, 0.05) is 25.2 Å². The largest absolute Gasteiger partial charge is 0.468 e. The number of carbonyl (C=O) groups is 2. The summed E-state index contributed by atoms with van der Waals surface area (Å²) >= 11 is 5.77. The van der Waals surface area contributed by atoms with Crippen LogP contribution in [-0.2, 0) is 9.53 Å². The van der Waals surface area contributed by atoms with Crippen LogP contribution in [0.25, 0.3) is 21.9 Å². The zero-order chi connectivity index (χ0) is 21.3. The van der Waals surface area contributed by atoms with E-state index in [-0.39, 0.29) is 23.4 Å². The molecule has 154 valence electrons. The third kappa shape index (κ3) is 4.01. The Morgan fingerprint density at radius 1 is 1.07 bits per heavy atom. The number of esters is 1. The second-order valence-corrected chi connectivity index (χ2v) is 7.59. The maximum atomic E-state index is 13.8. The van der Waals surface area contributed by atoms with E-state index in [1.165, 1.54) is 19.2 Å². The number of nitrogens with zero attached hydrogens (tertiary/aromatic N) is 1. The molecule has 1 N–H and O–H groups in total. The topological polar surface area (TPSA) is 58.6 Å². The molecule has 30 heavy (non-hydrogen) atoms. The minimum absolute atomic E-state index is 0.0880. The number of methoxy groups -OCH3 is 1. The van der Waals surface area contributed by atoms with Crippen LogP contribution in [0.2, 0.25) is 5.02 Å². The van der Waals surface area contributed by atoms with Gasteiger partial charge in [-0.05, 0) is 52.2 Å². The van der Waals surface area contributed by atoms with Crippen LogP contribution in [0, 0.1) is 5.82 Å². The molecule has 1 aliphatic rings. The lowest BCUT2D eigenvalue weighted by molar-refractivity contribution is -0.144. The molecule has 0 aromatic heterocycles. The number of ether oxygens (including phenoxy) is 1. The summed E-state index contributed by atoms with van der Waals surface area (Å²) in [6.07, 6.45) is 0. The first-order valence-corrected chi connectivity index (χ1v) is 9.94. The van der Waals surface area contributed by atoms with E-state index in [4.69, 9.17) is 16.3 Å². The second kappa shape index (κ2) is 8.42. The number of carbonyl (C=O) groups excluding carboxylic acids is 2. The highest BCUT2D eigenvalue weighted by atomic mass is 35.5. The van der Waals surface area contributed by atoms with Gasteiger partial charge >= 0.3 is 5.97 Å². The minimum atomic E-state index is -0.518. The lowest BCUT2D eigenvalue weighted by atomic mass is 9.99. The van der Waals surface area contributed by atoms with E-state index in [1.54, 1.807) is 17.0 Å². The smallest absolute Gasteiger partial charge is 0.324 e. The highest BCUT2D eigenvalue weighted by molar-refractivity contribution is 6.30. The van der Waals surface area contributed by atoms with Gasteiger partial charge in [0.05, 0.1) is 12.1 Å². The van der Waals surface area contributed by atoms with Gasteiger partial charge in [-0.15, -0.1) is 0 Å². The number of fused-ring (bicyclic) bond motifs is 1. The van der Waals surface area contributed by atoms with Crippen molar-refractivity contribution >= 4 is 34.2 Å². The number of piperazine rings is 1. The molecule has 1 atom stereocenters. The van der Waals surface area contributed by atoms with Crippen molar-refractivity contribution in [1.82, 2.24) is 10.2 Å². The maximum Gasteiger partial charge on any atom is 0.324 e. The van der Waals surface area contributed by atoms with E-state index >= 15 is 0 Å². The molecular weight excluding hydrogens is 407 g/mol. The summed E-state index contributed by atoms with van der Waals surface area (Å²) in [5, 5.41) is 4.99. The van der Waals surface area contributed by atoms with Gasteiger partial charge in [-0.2, -0.15) is 0 Å². The number of rotatable bonds is 3. The molecule has 0 spiro atoms. The number of nitrogens with one attached hydrogen (secondary N) is 1. The van der Waals surface area contributed by atoms with E-state index in [1.807, 2.05) is 30.3 Å². The number of amides is 1. The molecule has 0 radical (unpaired) electrons. The fraction of sp³-hybridized carbons (Fsp3) is 0.217. The molecule has 1 aliphatic heterocycles. The van der Waals surface area contributed by atoms with Crippen molar-refractivity contribution in [3.05, 3.63) is 71.0 Å². The van der Waals surface area contributed by atoms with Gasteiger partial charge in [-0.3, -0.25) is 9.59 Å². The normalized spacial score (nSPS) is 16.5. The zero-order valence-corrected chi connectivity index (χ0v) is 17.1. The third-order valence-corrected chi connectivity index (χ3v) is 5.59. The van der Waals surface area contributed by atoms with E-state index < -0.39 is 11.9 Å². The van der Waals surface area contributed by atoms with Gasteiger partial charge in [0.1, 0.15) is 11.9 Å². The Kier molecular flexibility index (Phi) is 5.70. The number of halogens is 2. The van der Waals surface area contributed by atoms with Gasteiger partial charge in [0.25, 0.3) is 5.91 Å². The monoisotopic (exact) mass is 426 g/mol. The first kappa shape index (κ1) is 20.3. The zero-order valence-electron chi connectivity index (χ0n) is 16.3. The van der Waals surface area contributed by atoms with Crippen molar-refractivity contribution in [2.75, 3.05) is 26.7 Å². The summed E-state index contributed by atoms with van der Waals surface area (Å²) < 4.78 is 18.6. The first-order valence-electron chi connectivity index (χ1n) is 9.56. The van der Waals surface area contributed by atoms with Crippen molar-refractivity contribution in [2.45, 2.75) is 6.04 Å². The quantitative estimate of drug-likeness (QED) is 0.645. The molecule has 4 rings (SSSR count). The van der Waals surface area contributed by atoms with Crippen LogP contribution in [0.3, 0.4) is 0 Å². The predicted octanol–water partition coefficient (Wildman–Crippen LogP) is 3.89. The minimum Gasteiger partial charge on any atom is -0.468 e. The molecule has 1 heterocycles. The van der Waals surface area contributed by atoms with Gasteiger partial charge in [0.15, 0.2) is 0 Å². The predicted molar refractivity (Wildman–Crippen MR) is 114 cm³/mol. The fourth-order valence-corrected chi connectivity index (χ4v) is 3.77. The van der Waals surface area contributed by atoms with E-state index in [2.05, 4.69) is 5.32 Å². The van der Waals surface area contributed by atoms with Gasteiger partial charge < -0.3 is 15.0 Å². The molecule has 0 bridgehead atoms. The van der Waals surface area contributed by atoms with Gasteiger partial charge in [-0.25, -0.2) is 4.39 Å². The molecule has 5 nitrogen and oxygen atoms in total. The molecule has 1 fully saturated rings. The summed E-state index contributed by atoms with van der Waals surface area (Å²) in [6, 6.07) is 15.4. The molecule has 1 unspecified atom stereocenters. The Balaban J connectivity index is 1.58. The number of benzene rings is 3. The Hall–Kier alpha value is -2.96. The SMILES string of the molecule is COC(=O)C1CN(C(=O)c2ccc3cc(-c4ccc(Cl)c(F)c4)ccc3c2)CCN1. The van der Waals surface area contributed by atoms with Gasteiger partial charge in [0.2, 0.25) is 0 Å². The van der Waals surface area contributed by atoms with Crippen LogP contribution in [0.1, 0.15) is 10.4 Å². The molecule has 1 amide bonds. The van der Waals surface area contributed by atoms with E-state index in [0.29, 0.717) is 18.7 Å². The van der Waals surface area contributed by atoms with Gasteiger partial charge in [-0.1, -0.05) is 35.9 Å². The van der Waals surface area contributed by atoms with Crippen LogP contribution < -0.4 is 5.32 Å². The molecule has 3 aromatic carbocycles. The average Bonchev–Trinajstić information content (AvgIpc) is 2.79. The van der Waals surface area contributed by atoms with Crippen LogP contribution in [0.5, 0.6) is 0 Å². The fourth-order valence-electron chi connectivity index (χ4n) is 3.65. The van der Waals surface area contributed by atoms with Crippen molar-refractivity contribution in [3.63, 3.8) is 0 Å². The van der Waals surface area contributed by atoms with Crippen molar-refractivity contribution in [2.24, 2.45) is 0 Å². The summed E-state index contributed by atoms with van der Waals surface area (Å²) in [4.78, 5) is 26.4. The lowest BCUT2D eigenvalue weighted by Gasteiger charge is -2.32. The Bertz CT molecular complexity index is 1130. The molecule has 7 heteroatoms. The molecule has 0 aliphatic carbocycles.